The monoisotopic (exact) mass is 474 g/mol. The molecule has 4 rings (SSSR count). The molecule has 0 atom stereocenters. The van der Waals surface area contributed by atoms with Gasteiger partial charge < -0.3 is 14.6 Å². The van der Waals surface area contributed by atoms with Gasteiger partial charge in [0, 0.05) is 33.2 Å². The van der Waals surface area contributed by atoms with E-state index in [0.29, 0.717) is 26.3 Å². The summed E-state index contributed by atoms with van der Waals surface area (Å²) in [5, 5.41) is 3.27. The van der Waals surface area contributed by atoms with Crippen molar-refractivity contribution in [2.24, 2.45) is 7.05 Å². The van der Waals surface area contributed by atoms with Crippen LogP contribution < -0.4 is 27.1 Å². The molecule has 2 aromatic carbocycles. The Kier molecular flexibility index (Phi) is 8.07. The highest BCUT2D eigenvalue weighted by Crippen LogP contribution is 1.99. The molecule has 1 amide bonds. The van der Waals surface area contributed by atoms with Crippen molar-refractivity contribution < 1.29 is 9.53 Å². The second-order valence-corrected chi connectivity index (χ2v) is 8.44. The van der Waals surface area contributed by atoms with Gasteiger partial charge in [0.05, 0.1) is 13.2 Å². The highest BCUT2D eigenvalue weighted by atomic mass is 16.5. The molecule has 1 aliphatic rings. The largest absolute Gasteiger partial charge is 0.379 e. The van der Waals surface area contributed by atoms with Gasteiger partial charge in [0.2, 0.25) is 5.91 Å². The van der Waals surface area contributed by atoms with Crippen LogP contribution in [0.4, 0.5) is 0 Å². The summed E-state index contributed by atoms with van der Waals surface area (Å²) < 4.78 is 7.97. The molecular formula is C27H30N4O4. The van der Waals surface area contributed by atoms with Gasteiger partial charge >= 0.3 is 0 Å². The fraction of sp³-hybridized carbons (Fsp3) is 0.296. The van der Waals surface area contributed by atoms with Gasteiger partial charge in [-0.05, 0) is 23.3 Å². The van der Waals surface area contributed by atoms with Gasteiger partial charge in [0.15, 0.2) is 0 Å². The fourth-order valence-corrected chi connectivity index (χ4v) is 4.03. The first kappa shape index (κ1) is 24.4. The Balaban J connectivity index is 1.71. The lowest BCUT2D eigenvalue weighted by atomic mass is 10.2. The average Bonchev–Trinajstić information content (AvgIpc) is 2.89. The third kappa shape index (κ3) is 6.23. The van der Waals surface area contributed by atoms with E-state index in [2.05, 4.69) is 10.2 Å². The number of ether oxygens (including phenoxy) is 1. The van der Waals surface area contributed by atoms with Crippen LogP contribution >= 0.6 is 0 Å². The maximum atomic E-state index is 13.6. The second kappa shape index (κ2) is 11.6. The molecule has 1 fully saturated rings. The molecule has 1 saturated heterocycles. The molecule has 35 heavy (non-hydrogen) atoms. The van der Waals surface area contributed by atoms with Gasteiger partial charge in [-0.25, -0.2) is 0 Å². The molecule has 1 aromatic heterocycles. The Morgan fingerprint density at radius 3 is 2.06 bits per heavy atom. The fourth-order valence-electron chi connectivity index (χ4n) is 4.03. The van der Waals surface area contributed by atoms with Gasteiger partial charge in [0.1, 0.15) is 17.2 Å². The second-order valence-electron chi connectivity index (χ2n) is 8.44. The van der Waals surface area contributed by atoms with E-state index in [-0.39, 0.29) is 28.7 Å². The lowest BCUT2D eigenvalue weighted by Gasteiger charge is -2.26. The zero-order chi connectivity index (χ0) is 24.6. The summed E-state index contributed by atoms with van der Waals surface area (Å²) in [5.41, 5.74) is 0.810. The van der Waals surface area contributed by atoms with Gasteiger partial charge in [-0.3, -0.25) is 23.9 Å². The molecular weight excluding hydrogens is 444 g/mol. The highest BCUT2D eigenvalue weighted by molar-refractivity contribution is 5.75. The van der Waals surface area contributed by atoms with Crippen molar-refractivity contribution in [3.8, 4) is 0 Å². The molecule has 2 heterocycles. The Morgan fingerprint density at radius 1 is 0.886 bits per heavy atom. The summed E-state index contributed by atoms with van der Waals surface area (Å²) >= 11 is 0. The molecule has 0 saturated carbocycles. The van der Waals surface area contributed by atoms with E-state index in [1.54, 1.807) is 19.2 Å². The van der Waals surface area contributed by atoms with Gasteiger partial charge in [-0.15, -0.1) is 0 Å². The van der Waals surface area contributed by atoms with E-state index in [4.69, 9.17) is 4.74 Å². The van der Waals surface area contributed by atoms with Crippen LogP contribution in [0.5, 0.6) is 0 Å². The van der Waals surface area contributed by atoms with Crippen LogP contribution in [0.2, 0.25) is 0 Å². The summed E-state index contributed by atoms with van der Waals surface area (Å²) in [6.07, 6.45) is 3.32. The first-order valence-corrected chi connectivity index (χ1v) is 11.7. The molecule has 0 unspecified atom stereocenters. The van der Waals surface area contributed by atoms with E-state index >= 15 is 0 Å². The quantitative estimate of drug-likeness (QED) is 0.506. The summed E-state index contributed by atoms with van der Waals surface area (Å²) in [7, 11) is 1.58. The van der Waals surface area contributed by atoms with E-state index in [0.717, 1.165) is 24.2 Å². The topological polar surface area (TPSA) is 85.6 Å². The van der Waals surface area contributed by atoms with Crippen molar-refractivity contribution in [1.29, 1.82) is 0 Å². The lowest BCUT2D eigenvalue weighted by molar-refractivity contribution is -0.121. The molecule has 182 valence electrons. The molecule has 1 N–H and O–H groups in total. The number of aromatic nitrogens is 2. The first-order valence-electron chi connectivity index (χ1n) is 11.7. The number of carbonyl (C=O) groups is 1. The molecule has 0 spiro atoms. The number of hydrogen-bond acceptors (Lipinski definition) is 5. The summed E-state index contributed by atoms with van der Waals surface area (Å²) in [5.74, 6) is -0.318. The standard InChI is InChI=1S/C27H30N4O4/c1-29-23(18-21-8-4-2-5-9-21)27(34)31(24(26(29)33)19-22-10-6-3-7-11-22)20-25(32)28-12-13-30-14-16-35-17-15-30/h2-11,18-19H,12-17,20H2,1H3,(H,28,32). The Labute approximate surface area is 203 Å². The number of nitrogens with zero attached hydrogens (tertiary/aromatic N) is 3. The molecule has 1 aliphatic heterocycles. The van der Waals surface area contributed by atoms with E-state index in [9.17, 15) is 14.4 Å². The number of benzene rings is 2. The molecule has 0 radical (unpaired) electrons. The molecule has 0 aliphatic carbocycles. The lowest BCUT2D eigenvalue weighted by Crippen LogP contribution is -2.58. The highest BCUT2D eigenvalue weighted by Gasteiger charge is 2.14. The third-order valence-electron chi connectivity index (χ3n) is 6.00. The Morgan fingerprint density at radius 2 is 1.46 bits per heavy atom. The summed E-state index contributed by atoms with van der Waals surface area (Å²) in [6.45, 7) is 3.96. The number of rotatable bonds is 7. The van der Waals surface area contributed by atoms with Crippen LogP contribution in [-0.4, -0.2) is 59.3 Å². The Hall–Kier alpha value is -3.75. The van der Waals surface area contributed by atoms with Crippen molar-refractivity contribution in [2.75, 3.05) is 39.4 Å². The minimum atomic E-state index is -0.401. The SMILES string of the molecule is Cn1c(=O)c(=Cc2ccccc2)n(CC(=O)NCCN2CCOCC2)c(=O)c1=Cc1ccccc1. The summed E-state index contributed by atoms with van der Waals surface area (Å²) in [6, 6.07) is 18.6. The van der Waals surface area contributed by atoms with Gasteiger partial charge in [-0.1, -0.05) is 60.7 Å². The van der Waals surface area contributed by atoms with Crippen molar-refractivity contribution in [3.05, 3.63) is 103 Å². The molecule has 0 bridgehead atoms. The van der Waals surface area contributed by atoms with Crippen LogP contribution in [0.3, 0.4) is 0 Å². The normalized spacial score (nSPS) is 15.3. The van der Waals surface area contributed by atoms with Gasteiger partial charge in [-0.2, -0.15) is 0 Å². The number of morpholine rings is 1. The van der Waals surface area contributed by atoms with E-state index < -0.39 is 5.56 Å². The van der Waals surface area contributed by atoms with Crippen molar-refractivity contribution in [3.63, 3.8) is 0 Å². The maximum absolute atomic E-state index is 13.6. The van der Waals surface area contributed by atoms with Crippen LogP contribution in [-0.2, 0) is 23.1 Å². The minimum Gasteiger partial charge on any atom is -0.379 e. The van der Waals surface area contributed by atoms with Crippen LogP contribution in [0, 0.1) is 0 Å². The molecule has 8 nitrogen and oxygen atoms in total. The predicted octanol–water partition coefficient (Wildman–Crippen LogP) is -0.347. The average molecular weight is 475 g/mol. The van der Waals surface area contributed by atoms with Crippen molar-refractivity contribution in [2.45, 2.75) is 6.54 Å². The number of amides is 1. The number of carbonyl (C=O) groups excluding carboxylic acids is 1. The number of nitrogens with one attached hydrogen (secondary N) is 1. The third-order valence-corrected chi connectivity index (χ3v) is 6.00. The number of hydrogen-bond donors (Lipinski definition) is 1. The van der Waals surface area contributed by atoms with E-state index in [1.165, 1.54) is 9.13 Å². The maximum Gasteiger partial charge on any atom is 0.275 e. The Bertz CT molecular complexity index is 1390. The zero-order valence-electron chi connectivity index (χ0n) is 19.9. The van der Waals surface area contributed by atoms with Gasteiger partial charge in [0.25, 0.3) is 11.1 Å². The summed E-state index contributed by atoms with van der Waals surface area (Å²) in [4.78, 5) is 42.0. The zero-order valence-corrected chi connectivity index (χ0v) is 19.9. The molecule has 3 aromatic rings. The minimum absolute atomic E-state index is 0.164. The predicted molar refractivity (Wildman–Crippen MR) is 135 cm³/mol. The van der Waals surface area contributed by atoms with Crippen LogP contribution in [0.1, 0.15) is 11.1 Å². The smallest absolute Gasteiger partial charge is 0.275 e. The first-order chi connectivity index (χ1) is 17.0. The van der Waals surface area contributed by atoms with E-state index in [1.807, 2.05) is 60.7 Å². The van der Waals surface area contributed by atoms with Crippen molar-refractivity contribution in [1.82, 2.24) is 19.4 Å². The van der Waals surface area contributed by atoms with Crippen LogP contribution in [0.25, 0.3) is 12.2 Å². The van der Waals surface area contributed by atoms with Crippen LogP contribution in [0.15, 0.2) is 70.3 Å². The van der Waals surface area contributed by atoms with Crippen molar-refractivity contribution >= 4 is 18.1 Å². The molecule has 8 heteroatoms.